The van der Waals surface area contributed by atoms with Crippen LogP contribution in [0.2, 0.25) is 0 Å². The average Bonchev–Trinajstić information content (AvgIpc) is 3.11. The molecule has 2 aromatic carbocycles. The van der Waals surface area contributed by atoms with Crippen LogP contribution in [0.3, 0.4) is 0 Å². The van der Waals surface area contributed by atoms with Gasteiger partial charge in [-0.15, -0.1) is 24.0 Å². The number of guanidine groups is 1. The largest absolute Gasteiger partial charge is 0.361 e. The second kappa shape index (κ2) is 11.4. The Morgan fingerprint density at radius 3 is 2.66 bits per heavy atom. The molecule has 0 saturated heterocycles. The maximum atomic E-state index is 13.4. The number of hydrogen-bond acceptors (Lipinski definition) is 2. The van der Waals surface area contributed by atoms with E-state index in [0.717, 1.165) is 22.0 Å². The summed E-state index contributed by atoms with van der Waals surface area (Å²) in [5.41, 5.74) is 2.99. The number of carbonyl (C=O) groups excluding carboxylic acids is 1. The van der Waals surface area contributed by atoms with Gasteiger partial charge in [0.25, 0.3) is 0 Å². The molecule has 6 nitrogen and oxygen atoms in total. The van der Waals surface area contributed by atoms with E-state index >= 15 is 0 Å². The van der Waals surface area contributed by atoms with Gasteiger partial charge < -0.3 is 20.9 Å². The Balaban J connectivity index is 0.00000300. The zero-order chi connectivity index (χ0) is 19.8. The molecule has 1 amide bonds. The highest BCUT2D eigenvalue weighted by molar-refractivity contribution is 14.0. The number of nitrogens with zero attached hydrogens (tertiary/aromatic N) is 1. The minimum atomic E-state index is -0.250. The molecule has 0 fully saturated rings. The van der Waals surface area contributed by atoms with Crippen LogP contribution >= 0.6 is 24.0 Å². The van der Waals surface area contributed by atoms with Crippen molar-refractivity contribution in [2.45, 2.75) is 13.0 Å². The Hall–Kier alpha value is -2.62. The normalized spacial score (nSPS) is 11.0. The lowest BCUT2D eigenvalue weighted by Gasteiger charge is -2.12. The van der Waals surface area contributed by atoms with Crippen molar-refractivity contribution in [3.8, 4) is 0 Å². The van der Waals surface area contributed by atoms with Gasteiger partial charge in [-0.25, -0.2) is 4.39 Å². The van der Waals surface area contributed by atoms with Crippen LogP contribution in [-0.4, -0.2) is 37.0 Å². The van der Waals surface area contributed by atoms with Crippen molar-refractivity contribution < 1.29 is 9.18 Å². The third kappa shape index (κ3) is 6.74. The summed E-state index contributed by atoms with van der Waals surface area (Å²) in [5.74, 6) is 0.181. The smallest absolute Gasteiger partial charge is 0.239 e. The Bertz CT molecular complexity index is 958. The molecule has 29 heavy (non-hydrogen) atoms. The summed E-state index contributed by atoms with van der Waals surface area (Å²) in [6, 6.07) is 14.4. The third-order valence-corrected chi connectivity index (χ3v) is 4.39. The molecule has 1 aromatic heterocycles. The van der Waals surface area contributed by atoms with Crippen LogP contribution in [-0.2, 0) is 17.8 Å². The molecule has 3 rings (SSSR count). The minimum absolute atomic E-state index is 0. The van der Waals surface area contributed by atoms with Gasteiger partial charge in [-0.05, 0) is 35.7 Å². The number of nitrogens with one attached hydrogen (secondary N) is 4. The number of halogens is 2. The first-order valence-electron chi connectivity index (χ1n) is 9.16. The Morgan fingerprint density at radius 2 is 1.90 bits per heavy atom. The molecule has 0 bridgehead atoms. The van der Waals surface area contributed by atoms with E-state index in [1.807, 2.05) is 36.5 Å². The number of rotatable bonds is 7. The number of hydrogen-bond donors (Lipinski definition) is 4. The van der Waals surface area contributed by atoms with E-state index in [1.165, 1.54) is 12.1 Å². The summed E-state index contributed by atoms with van der Waals surface area (Å²) in [7, 11) is 1.65. The third-order valence-electron chi connectivity index (χ3n) is 4.39. The second-order valence-corrected chi connectivity index (χ2v) is 6.37. The predicted molar refractivity (Wildman–Crippen MR) is 125 cm³/mol. The van der Waals surface area contributed by atoms with Gasteiger partial charge in [0.05, 0.1) is 6.54 Å². The average molecular weight is 509 g/mol. The van der Waals surface area contributed by atoms with E-state index in [-0.39, 0.29) is 42.2 Å². The standard InChI is InChI=1S/C21H24FN5O.HI/c1-23-21(27-14-20(28)26-12-15-5-3-2-4-6-15)24-10-9-16-13-25-19-8-7-17(22)11-18(16)19;/h2-8,11,13,25H,9-10,12,14H2,1H3,(H,26,28)(H2,23,24,27);1H. The van der Waals surface area contributed by atoms with Crippen LogP contribution in [0, 0.1) is 5.82 Å². The predicted octanol–water partition coefficient (Wildman–Crippen LogP) is 2.95. The number of fused-ring (bicyclic) bond motifs is 1. The monoisotopic (exact) mass is 509 g/mol. The van der Waals surface area contributed by atoms with Gasteiger partial charge in [-0.1, -0.05) is 30.3 Å². The molecule has 154 valence electrons. The molecule has 0 radical (unpaired) electrons. The first-order valence-corrected chi connectivity index (χ1v) is 9.16. The summed E-state index contributed by atoms with van der Waals surface area (Å²) >= 11 is 0. The fraction of sp³-hybridized carbons (Fsp3) is 0.238. The maximum Gasteiger partial charge on any atom is 0.239 e. The number of amides is 1. The fourth-order valence-electron chi connectivity index (χ4n) is 2.92. The summed E-state index contributed by atoms with van der Waals surface area (Å²) in [5, 5.41) is 9.90. The molecule has 0 unspecified atom stereocenters. The number of benzene rings is 2. The van der Waals surface area contributed by atoms with E-state index < -0.39 is 0 Å². The Morgan fingerprint density at radius 1 is 1.10 bits per heavy atom. The van der Waals surface area contributed by atoms with Crippen LogP contribution < -0.4 is 16.0 Å². The van der Waals surface area contributed by atoms with Crippen molar-refractivity contribution >= 4 is 46.7 Å². The van der Waals surface area contributed by atoms with Crippen molar-refractivity contribution in [2.24, 2.45) is 4.99 Å². The van der Waals surface area contributed by atoms with Crippen LogP contribution in [0.25, 0.3) is 10.9 Å². The minimum Gasteiger partial charge on any atom is -0.361 e. The molecule has 0 atom stereocenters. The highest BCUT2D eigenvalue weighted by Crippen LogP contribution is 2.19. The number of H-pyrrole nitrogens is 1. The summed E-state index contributed by atoms with van der Waals surface area (Å²) in [6.45, 7) is 1.23. The molecule has 0 aliphatic heterocycles. The lowest BCUT2D eigenvalue weighted by Crippen LogP contribution is -2.43. The van der Waals surface area contributed by atoms with E-state index in [1.54, 1.807) is 13.1 Å². The van der Waals surface area contributed by atoms with E-state index in [0.29, 0.717) is 25.5 Å². The van der Waals surface area contributed by atoms with Gasteiger partial charge in [0.2, 0.25) is 5.91 Å². The number of aromatic amines is 1. The first kappa shape index (κ1) is 22.7. The number of aliphatic imine (C=N–C) groups is 1. The van der Waals surface area contributed by atoms with Crippen molar-refractivity contribution in [2.75, 3.05) is 20.1 Å². The lowest BCUT2D eigenvalue weighted by atomic mass is 10.1. The van der Waals surface area contributed by atoms with Gasteiger partial charge in [0.1, 0.15) is 5.82 Å². The zero-order valence-corrected chi connectivity index (χ0v) is 18.5. The summed E-state index contributed by atoms with van der Waals surface area (Å²) < 4.78 is 13.4. The van der Waals surface area contributed by atoms with Crippen molar-refractivity contribution in [1.29, 1.82) is 0 Å². The molecule has 0 aliphatic rings. The van der Waals surface area contributed by atoms with E-state index in [9.17, 15) is 9.18 Å². The molecule has 1 heterocycles. The lowest BCUT2D eigenvalue weighted by molar-refractivity contribution is -0.120. The molecular formula is C21H25FIN5O. The van der Waals surface area contributed by atoms with Crippen LogP contribution in [0.15, 0.2) is 59.7 Å². The molecule has 0 spiro atoms. The summed E-state index contributed by atoms with van der Waals surface area (Å²) in [6.07, 6.45) is 2.59. The second-order valence-electron chi connectivity index (χ2n) is 6.37. The molecule has 0 aliphatic carbocycles. The van der Waals surface area contributed by atoms with Crippen molar-refractivity contribution in [3.05, 3.63) is 71.7 Å². The van der Waals surface area contributed by atoms with Gasteiger partial charge in [-0.2, -0.15) is 0 Å². The summed E-state index contributed by atoms with van der Waals surface area (Å²) in [4.78, 5) is 19.2. The van der Waals surface area contributed by atoms with Gasteiger partial charge in [0, 0.05) is 37.2 Å². The van der Waals surface area contributed by atoms with Crippen LogP contribution in [0.1, 0.15) is 11.1 Å². The van der Waals surface area contributed by atoms with E-state index in [2.05, 4.69) is 25.9 Å². The van der Waals surface area contributed by atoms with Crippen LogP contribution in [0.4, 0.5) is 4.39 Å². The SMILES string of the molecule is CN=C(NCCc1c[nH]c2ccc(F)cc12)NCC(=O)NCc1ccccc1.I. The van der Waals surface area contributed by atoms with E-state index in [4.69, 9.17) is 0 Å². The quantitative estimate of drug-likeness (QED) is 0.225. The highest BCUT2D eigenvalue weighted by Gasteiger charge is 2.06. The number of carbonyl (C=O) groups is 1. The first-order chi connectivity index (χ1) is 13.7. The van der Waals surface area contributed by atoms with Crippen LogP contribution in [0.5, 0.6) is 0 Å². The van der Waals surface area contributed by atoms with Crippen molar-refractivity contribution in [1.82, 2.24) is 20.9 Å². The van der Waals surface area contributed by atoms with Gasteiger partial charge in [-0.3, -0.25) is 9.79 Å². The van der Waals surface area contributed by atoms with Gasteiger partial charge >= 0.3 is 0 Å². The Labute approximate surface area is 186 Å². The maximum absolute atomic E-state index is 13.4. The molecular weight excluding hydrogens is 484 g/mol. The van der Waals surface area contributed by atoms with Crippen molar-refractivity contribution in [3.63, 3.8) is 0 Å². The molecule has 8 heteroatoms. The molecule has 0 saturated carbocycles. The number of aromatic nitrogens is 1. The topological polar surface area (TPSA) is 81.3 Å². The molecule has 4 N–H and O–H groups in total. The fourth-order valence-corrected chi connectivity index (χ4v) is 2.92. The Kier molecular flexibility index (Phi) is 8.91. The van der Waals surface area contributed by atoms with Gasteiger partial charge in [0.15, 0.2) is 5.96 Å². The zero-order valence-electron chi connectivity index (χ0n) is 16.2. The highest BCUT2D eigenvalue weighted by atomic mass is 127. The molecule has 3 aromatic rings.